The van der Waals surface area contributed by atoms with E-state index in [0.717, 1.165) is 25.8 Å². The predicted octanol–water partition coefficient (Wildman–Crippen LogP) is 2.77. The SMILES string of the molecule is CC(C)(C)OC(=O)N1CCC(C(CCc2ccsc2)NN)C1. The molecular formula is C16H27N3O2S. The van der Waals surface area contributed by atoms with Crippen molar-refractivity contribution in [1.82, 2.24) is 10.3 Å². The van der Waals surface area contributed by atoms with Crippen LogP contribution in [0.3, 0.4) is 0 Å². The highest BCUT2D eigenvalue weighted by molar-refractivity contribution is 7.07. The third kappa shape index (κ3) is 4.97. The smallest absolute Gasteiger partial charge is 0.410 e. The maximum absolute atomic E-state index is 12.1. The Morgan fingerprint density at radius 2 is 2.36 bits per heavy atom. The number of amides is 1. The van der Waals surface area contributed by atoms with Crippen LogP contribution in [0.25, 0.3) is 0 Å². The van der Waals surface area contributed by atoms with Crippen LogP contribution in [0.15, 0.2) is 16.8 Å². The van der Waals surface area contributed by atoms with E-state index in [1.807, 2.05) is 20.8 Å². The standard InChI is InChI=1S/C16H27N3O2S/c1-16(2,3)21-15(20)19-8-6-13(10-19)14(18-17)5-4-12-7-9-22-11-12/h7,9,11,13-14,18H,4-6,8,10,17H2,1-3H3. The number of hydrazine groups is 1. The Balaban J connectivity index is 1.83. The molecule has 2 heterocycles. The Morgan fingerprint density at radius 3 is 2.95 bits per heavy atom. The second kappa shape index (κ2) is 7.44. The first-order valence-corrected chi connectivity index (χ1v) is 8.78. The molecule has 1 amide bonds. The van der Waals surface area contributed by atoms with Gasteiger partial charge in [0.2, 0.25) is 0 Å². The molecule has 2 atom stereocenters. The first-order chi connectivity index (χ1) is 10.4. The monoisotopic (exact) mass is 325 g/mol. The average Bonchev–Trinajstić information content (AvgIpc) is 3.08. The number of likely N-dealkylation sites (tertiary alicyclic amines) is 1. The van der Waals surface area contributed by atoms with Gasteiger partial charge in [-0.25, -0.2) is 4.79 Å². The third-order valence-electron chi connectivity index (χ3n) is 3.98. The molecule has 0 bridgehead atoms. The van der Waals surface area contributed by atoms with Crippen LogP contribution in [0.1, 0.15) is 39.2 Å². The summed E-state index contributed by atoms with van der Waals surface area (Å²) in [5.74, 6) is 6.12. The molecule has 3 N–H and O–H groups in total. The van der Waals surface area contributed by atoms with Crippen molar-refractivity contribution in [2.75, 3.05) is 13.1 Å². The van der Waals surface area contributed by atoms with Crippen LogP contribution in [-0.2, 0) is 11.2 Å². The zero-order chi connectivity index (χ0) is 16.2. The first kappa shape index (κ1) is 17.2. The summed E-state index contributed by atoms with van der Waals surface area (Å²) in [7, 11) is 0. The number of carbonyl (C=O) groups is 1. The van der Waals surface area contributed by atoms with Gasteiger partial charge in [-0.1, -0.05) is 0 Å². The molecule has 124 valence electrons. The minimum atomic E-state index is -0.445. The Morgan fingerprint density at radius 1 is 1.59 bits per heavy atom. The maximum atomic E-state index is 12.1. The van der Waals surface area contributed by atoms with Crippen molar-refractivity contribution in [3.8, 4) is 0 Å². The number of carbonyl (C=O) groups excluding carboxylic acids is 1. The molecule has 1 saturated heterocycles. The van der Waals surface area contributed by atoms with E-state index in [4.69, 9.17) is 10.6 Å². The molecule has 0 aliphatic carbocycles. The number of rotatable bonds is 5. The van der Waals surface area contributed by atoms with E-state index in [1.165, 1.54) is 5.56 Å². The summed E-state index contributed by atoms with van der Waals surface area (Å²) < 4.78 is 5.44. The second-order valence-corrected chi connectivity index (χ2v) is 7.70. The zero-order valence-corrected chi connectivity index (χ0v) is 14.5. The molecule has 2 rings (SSSR count). The van der Waals surface area contributed by atoms with Crippen molar-refractivity contribution in [3.63, 3.8) is 0 Å². The van der Waals surface area contributed by atoms with Gasteiger partial charge in [-0.2, -0.15) is 11.3 Å². The number of nitrogens with two attached hydrogens (primary N) is 1. The van der Waals surface area contributed by atoms with E-state index in [9.17, 15) is 4.79 Å². The van der Waals surface area contributed by atoms with Gasteiger partial charge in [0.1, 0.15) is 5.60 Å². The van der Waals surface area contributed by atoms with Crippen molar-refractivity contribution >= 4 is 17.4 Å². The van der Waals surface area contributed by atoms with Crippen LogP contribution in [0.2, 0.25) is 0 Å². The van der Waals surface area contributed by atoms with Crippen LogP contribution < -0.4 is 11.3 Å². The molecule has 1 aliphatic heterocycles. The third-order valence-corrected chi connectivity index (χ3v) is 4.72. The van der Waals surface area contributed by atoms with Gasteiger partial charge in [0.15, 0.2) is 0 Å². The van der Waals surface area contributed by atoms with E-state index in [-0.39, 0.29) is 12.1 Å². The molecule has 6 heteroatoms. The Bertz CT molecular complexity index is 470. The molecule has 0 radical (unpaired) electrons. The Hall–Kier alpha value is -1.11. The lowest BCUT2D eigenvalue weighted by atomic mass is 9.94. The van der Waals surface area contributed by atoms with Gasteiger partial charge in [-0.05, 0) is 68.3 Å². The highest BCUT2D eigenvalue weighted by Gasteiger charge is 2.33. The Kier molecular flexibility index (Phi) is 5.83. The van der Waals surface area contributed by atoms with E-state index >= 15 is 0 Å². The zero-order valence-electron chi connectivity index (χ0n) is 13.7. The normalized spacial score (nSPS) is 20.2. The van der Waals surface area contributed by atoms with Gasteiger partial charge in [0.05, 0.1) is 0 Å². The first-order valence-electron chi connectivity index (χ1n) is 7.84. The summed E-state index contributed by atoms with van der Waals surface area (Å²) in [6, 6.07) is 2.38. The largest absolute Gasteiger partial charge is 0.444 e. The number of nitrogens with zero attached hydrogens (tertiary/aromatic N) is 1. The van der Waals surface area contributed by atoms with Crippen molar-refractivity contribution in [3.05, 3.63) is 22.4 Å². The number of hydrogen-bond donors (Lipinski definition) is 2. The van der Waals surface area contributed by atoms with Crippen LogP contribution in [0.4, 0.5) is 4.79 Å². The van der Waals surface area contributed by atoms with Gasteiger partial charge >= 0.3 is 6.09 Å². The average molecular weight is 325 g/mol. The molecule has 0 saturated carbocycles. The molecule has 0 aromatic carbocycles. The maximum Gasteiger partial charge on any atom is 0.410 e. The highest BCUT2D eigenvalue weighted by Crippen LogP contribution is 2.24. The molecule has 0 spiro atoms. The van der Waals surface area contributed by atoms with E-state index in [0.29, 0.717) is 12.5 Å². The van der Waals surface area contributed by atoms with E-state index in [2.05, 4.69) is 22.3 Å². The van der Waals surface area contributed by atoms with Crippen molar-refractivity contribution < 1.29 is 9.53 Å². The van der Waals surface area contributed by atoms with Gasteiger partial charge < -0.3 is 9.64 Å². The van der Waals surface area contributed by atoms with Gasteiger partial charge in [-0.3, -0.25) is 11.3 Å². The Labute approximate surface area is 136 Å². The van der Waals surface area contributed by atoms with Crippen LogP contribution in [0, 0.1) is 5.92 Å². The lowest BCUT2D eigenvalue weighted by molar-refractivity contribution is 0.0285. The number of thiophene rings is 1. The fourth-order valence-electron chi connectivity index (χ4n) is 2.82. The van der Waals surface area contributed by atoms with Crippen LogP contribution in [0.5, 0.6) is 0 Å². The molecule has 5 nitrogen and oxygen atoms in total. The number of ether oxygens (including phenoxy) is 1. The molecule has 22 heavy (non-hydrogen) atoms. The molecule has 1 fully saturated rings. The minimum absolute atomic E-state index is 0.219. The molecule has 1 aliphatic rings. The van der Waals surface area contributed by atoms with Gasteiger partial charge in [0, 0.05) is 19.1 Å². The summed E-state index contributed by atoms with van der Waals surface area (Å²) in [4.78, 5) is 13.9. The van der Waals surface area contributed by atoms with E-state index in [1.54, 1.807) is 16.2 Å². The van der Waals surface area contributed by atoms with Crippen LogP contribution in [-0.4, -0.2) is 35.7 Å². The summed E-state index contributed by atoms with van der Waals surface area (Å²) in [6.45, 7) is 7.14. The van der Waals surface area contributed by atoms with Crippen molar-refractivity contribution in [2.24, 2.45) is 11.8 Å². The molecule has 1 aromatic heterocycles. The molecule has 1 aromatic rings. The summed E-state index contributed by atoms with van der Waals surface area (Å²) in [5, 5.41) is 4.27. The van der Waals surface area contributed by atoms with Gasteiger partial charge in [0.25, 0.3) is 0 Å². The summed E-state index contributed by atoms with van der Waals surface area (Å²) in [5.41, 5.74) is 3.85. The second-order valence-electron chi connectivity index (χ2n) is 6.92. The van der Waals surface area contributed by atoms with E-state index < -0.39 is 5.60 Å². The number of hydrogen-bond acceptors (Lipinski definition) is 5. The topological polar surface area (TPSA) is 67.6 Å². The number of aryl methyl sites for hydroxylation is 1. The van der Waals surface area contributed by atoms with Crippen molar-refractivity contribution in [1.29, 1.82) is 0 Å². The van der Waals surface area contributed by atoms with Crippen LogP contribution >= 0.6 is 11.3 Å². The minimum Gasteiger partial charge on any atom is -0.444 e. The fraction of sp³-hybridized carbons (Fsp3) is 0.688. The summed E-state index contributed by atoms with van der Waals surface area (Å²) >= 11 is 1.72. The predicted molar refractivity (Wildman–Crippen MR) is 89.7 cm³/mol. The van der Waals surface area contributed by atoms with Gasteiger partial charge in [-0.15, -0.1) is 0 Å². The summed E-state index contributed by atoms with van der Waals surface area (Å²) in [6.07, 6.45) is 2.75. The quantitative estimate of drug-likeness (QED) is 0.645. The number of nitrogens with one attached hydrogen (secondary N) is 1. The highest BCUT2D eigenvalue weighted by atomic mass is 32.1. The lowest BCUT2D eigenvalue weighted by Crippen LogP contribution is -2.43. The van der Waals surface area contributed by atoms with Crippen molar-refractivity contribution in [2.45, 2.75) is 51.7 Å². The fourth-order valence-corrected chi connectivity index (χ4v) is 3.52. The molecule has 2 unspecified atom stereocenters. The molecular weight excluding hydrogens is 298 g/mol. The lowest BCUT2D eigenvalue weighted by Gasteiger charge is -2.26.